The van der Waals surface area contributed by atoms with Crippen LogP contribution in [-0.2, 0) is 4.74 Å². The molecule has 7 heteroatoms. The Hall–Kier alpha value is -2.90. The zero-order valence-electron chi connectivity index (χ0n) is 21.2. The van der Waals surface area contributed by atoms with Gasteiger partial charge in [0.25, 0.3) is 0 Å². The standard InChI is InChI=1S/C28H35N5O2/c1-19(2)24-14-32(22-12-26(34-4)27-29-18-30-33(27)13-22)25-6-5-21(11-23(24)25)20-7-9-31(10-8-20)15-28(3)16-35-17-28/h5-6,11-14,18-20H,7-10,15-17H2,1-4H3. The molecular weight excluding hydrogens is 438 g/mol. The van der Waals surface area contributed by atoms with E-state index < -0.39 is 0 Å². The number of hydrogen-bond acceptors (Lipinski definition) is 5. The zero-order chi connectivity index (χ0) is 24.2. The molecule has 0 radical (unpaired) electrons. The van der Waals surface area contributed by atoms with Crippen LogP contribution in [-0.4, -0.2) is 64.0 Å². The maximum atomic E-state index is 5.61. The summed E-state index contributed by atoms with van der Waals surface area (Å²) in [6.45, 7) is 12.2. The summed E-state index contributed by atoms with van der Waals surface area (Å²) in [5.41, 5.74) is 6.16. The number of hydrogen-bond donors (Lipinski definition) is 0. The molecule has 1 aromatic carbocycles. The van der Waals surface area contributed by atoms with Crippen molar-refractivity contribution in [3.63, 3.8) is 0 Å². The van der Waals surface area contributed by atoms with Crippen molar-refractivity contribution in [2.24, 2.45) is 5.41 Å². The fourth-order valence-electron chi connectivity index (χ4n) is 5.87. The molecule has 4 aromatic rings. The molecule has 0 amide bonds. The van der Waals surface area contributed by atoms with Gasteiger partial charge in [-0.1, -0.05) is 26.8 Å². The number of benzene rings is 1. The molecule has 6 rings (SSSR count). The number of likely N-dealkylation sites (tertiary alicyclic amines) is 1. The number of pyridine rings is 1. The highest BCUT2D eigenvalue weighted by atomic mass is 16.5. The van der Waals surface area contributed by atoms with Crippen LogP contribution in [0.2, 0.25) is 0 Å². The van der Waals surface area contributed by atoms with E-state index in [4.69, 9.17) is 9.47 Å². The Labute approximate surface area is 206 Å². The Morgan fingerprint density at radius 1 is 1.14 bits per heavy atom. The quantitative estimate of drug-likeness (QED) is 0.394. The number of piperidine rings is 1. The summed E-state index contributed by atoms with van der Waals surface area (Å²) in [5, 5.41) is 5.69. The lowest BCUT2D eigenvalue weighted by Crippen LogP contribution is -2.50. The van der Waals surface area contributed by atoms with Gasteiger partial charge in [-0.2, -0.15) is 5.10 Å². The summed E-state index contributed by atoms with van der Waals surface area (Å²) >= 11 is 0. The topological polar surface area (TPSA) is 56.8 Å². The molecule has 2 aliphatic rings. The number of fused-ring (bicyclic) bond motifs is 2. The van der Waals surface area contributed by atoms with Gasteiger partial charge in [0.1, 0.15) is 6.33 Å². The fraction of sp³-hybridized carbons (Fsp3) is 0.500. The fourth-order valence-corrected chi connectivity index (χ4v) is 5.87. The minimum absolute atomic E-state index is 0.360. The average Bonchev–Trinajstić information content (AvgIpc) is 3.47. The first kappa shape index (κ1) is 22.6. The minimum atomic E-state index is 0.360. The monoisotopic (exact) mass is 473 g/mol. The number of nitrogens with zero attached hydrogens (tertiary/aromatic N) is 5. The molecule has 0 aliphatic carbocycles. The van der Waals surface area contributed by atoms with Gasteiger partial charge in [0, 0.05) is 29.6 Å². The average molecular weight is 474 g/mol. The Bertz CT molecular complexity index is 1360. The molecule has 5 heterocycles. The van der Waals surface area contributed by atoms with Crippen molar-refractivity contribution < 1.29 is 9.47 Å². The minimum Gasteiger partial charge on any atom is -0.493 e. The molecule has 35 heavy (non-hydrogen) atoms. The van der Waals surface area contributed by atoms with E-state index in [0.717, 1.165) is 30.3 Å². The normalized spacial score (nSPS) is 19.0. The van der Waals surface area contributed by atoms with E-state index in [0.29, 0.717) is 17.3 Å². The van der Waals surface area contributed by atoms with Gasteiger partial charge in [0.2, 0.25) is 0 Å². The van der Waals surface area contributed by atoms with Crippen molar-refractivity contribution in [1.82, 2.24) is 24.1 Å². The largest absolute Gasteiger partial charge is 0.493 e. The van der Waals surface area contributed by atoms with Gasteiger partial charge >= 0.3 is 0 Å². The van der Waals surface area contributed by atoms with Crippen LogP contribution in [0.1, 0.15) is 56.6 Å². The van der Waals surface area contributed by atoms with Crippen molar-refractivity contribution in [2.75, 3.05) is 40.0 Å². The molecule has 0 unspecified atom stereocenters. The van der Waals surface area contributed by atoms with E-state index in [1.165, 1.54) is 54.5 Å². The Morgan fingerprint density at radius 3 is 2.63 bits per heavy atom. The molecule has 2 aliphatic heterocycles. The van der Waals surface area contributed by atoms with E-state index in [-0.39, 0.29) is 0 Å². The predicted molar refractivity (Wildman–Crippen MR) is 138 cm³/mol. The van der Waals surface area contributed by atoms with E-state index in [2.05, 4.69) is 64.7 Å². The molecule has 2 saturated heterocycles. The van der Waals surface area contributed by atoms with Gasteiger partial charge in [-0.15, -0.1) is 0 Å². The lowest BCUT2D eigenvalue weighted by Gasteiger charge is -2.43. The second kappa shape index (κ2) is 8.64. The van der Waals surface area contributed by atoms with E-state index in [9.17, 15) is 0 Å². The van der Waals surface area contributed by atoms with Crippen molar-refractivity contribution in [3.05, 3.63) is 54.1 Å². The molecule has 2 fully saturated rings. The summed E-state index contributed by atoms with van der Waals surface area (Å²) in [4.78, 5) is 6.96. The summed E-state index contributed by atoms with van der Waals surface area (Å²) in [7, 11) is 1.68. The molecular formula is C28H35N5O2. The van der Waals surface area contributed by atoms with Gasteiger partial charge in [0.05, 0.1) is 37.7 Å². The molecule has 0 bridgehead atoms. The molecule has 0 spiro atoms. The number of rotatable bonds is 6. The van der Waals surface area contributed by atoms with Crippen LogP contribution >= 0.6 is 0 Å². The molecule has 184 valence electrons. The van der Waals surface area contributed by atoms with Crippen molar-refractivity contribution in [2.45, 2.75) is 45.4 Å². The van der Waals surface area contributed by atoms with Crippen molar-refractivity contribution >= 4 is 16.6 Å². The van der Waals surface area contributed by atoms with Crippen LogP contribution in [0, 0.1) is 5.41 Å². The van der Waals surface area contributed by atoms with Crippen molar-refractivity contribution in [3.8, 4) is 11.4 Å². The highest BCUT2D eigenvalue weighted by Crippen LogP contribution is 2.37. The van der Waals surface area contributed by atoms with Crippen molar-refractivity contribution in [1.29, 1.82) is 0 Å². The van der Waals surface area contributed by atoms with E-state index in [1.54, 1.807) is 18.0 Å². The maximum absolute atomic E-state index is 5.61. The first-order valence-corrected chi connectivity index (χ1v) is 12.8. The zero-order valence-corrected chi connectivity index (χ0v) is 21.2. The lowest BCUT2D eigenvalue weighted by atomic mass is 9.84. The highest BCUT2D eigenvalue weighted by Gasteiger charge is 2.36. The third-order valence-corrected chi connectivity index (χ3v) is 7.87. The van der Waals surface area contributed by atoms with Crippen LogP contribution in [0.3, 0.4) is 0 Å². The second-order valence-electron chi connectivity index (χ2n) is 11.0. The smallest absolute Gasteiger partial charge is 0.197 e. The molecule has 0 N–H and O–H groups in total. The second-order valence-corrected chi connectivity index (χ2v) is 11.0. The third-order valence-electron chi connectivity index (χ3n) is 7.87. The molecule has 3 aromatic heterocycles. The molecule has 0 atom stereocenters. The summed E-state index contributed by atoms with van der Waals surface area (Å²) in [6.07, 6.45) is 8.31. The van der Waals surface area contributed by atoms with Gasteiger partial charge in [-0.05, 0) is 61.0 Å². The van der Waals surface area contributed by atoms with Crippen LogP contribution in [0.4, 0.5) is 0 Å². The maximum Gasteiger partial charge on any atom is 0.197 e. The van der Waals surface area contributed by atoms with Crippen LogP contribution in [0.5, 0.6) is 5.75 Å². The van der Waals surface area contributed by atoms with Crippen LogP contribution < -0.4 is 4.74 Å². The van der Waals surface area contributed by atoms with Gasteiger partial charge in [-0.3, -0.25) is 0 Å². The predicted octanol–water partition coefficient (Wildman–Crippen LogP) is 5.02. The Morgan fingerprint density at radius 2 is 1.94 bits per heavy atom. The van der Waals surface area contributed by atoms with Crippen LogP contribution in [0.25, 0.3) is 22.2 Å². The number of ether oxygens (including phenoxy) is 2. The summed E-state index contributed by atoms with van der Waals surface area (Å²) in [5.74, 6) is 1.77. The Kier molecular flexibility index (Phi) is 5.57. The van der Waals surface area contributed by atoms with Crippen LogP contribution in [0.15, 0.2) is 43.0 Å². The van der Waals surface area contributed by atoms with Gasteiger partial charge < -0.3 is 18.9 Å². The highest BCUT2D eigenvalue weighted by molar-refractivity contribution is 5.87. The summed E-state index contributed by atoms with van der Waals surface area (Å²) < 4.78 is 15.1. The lowest BCUT2D eigenvalue weighted by molar-refractivity contribution is -0.116. The number of aromatic nitrogens is 4. The third kappa shape index (κ3) is 4.00. The number of methoxy groups -OCH3 is 1. The van der Waals surface area contributed by atoms with Gasteiger partial charge in [-0.25, -0.2) is 9.50 Å². The molecule has 0 saturated carbocycles. The molecule has 7 nitrogen and oxygen atoms in total. The summed E-state index contributed by atoms with van der Waals surface area (Å²) in [6, 6.07) is 9.14. The first-order chi connectivity index (χ1) is 16.9. The Balaban J connectivity index is 1.31. The van der Waals surface area contributed by atoms with E-state index in [1.807, 2.05) is 12.3 Å². The van der Waals surface area contributed by atoms with Gasteiger partial charge in [0.15, 0.2) is 11.4 Å². The van der Waals surface area contributed by atoms with E-state index >= 15 is 0 Å². The first-order valence-electron chi connectivity index (χ1n) is 12.8. The SMILES string of the molecule is COc1cc(-n2cc(C(C)C)c3cc(C4CCN(CC5(C)COC5)CC4)ccc32)cn2ncnc12.